The van der Waals surface area contributed by atoms with E-state index in [1.807, 2.05) is 0 Å². The molecule has 1 fully saturated rings. The first-order valence-corrected chi connectivity index (χ1v) is 6.08. The van der Waals surface area contributed by atoms with Gasteiger partial charge in [-0.2, -0.15) is 0 Å². The second-order valence-corrected chi connectivity index (χ2v) is 5.33. The lowest BCUT2D eigenvalue weighted by Crippen LogP contribution is -2.24. The molecule has 1 aromatic rings. The standard InChI is InChI=1S/C14H22N2/c1-10-6-11(2)13(12(3)7-10)16-9-14(8-15)4-5-14/h6-7,16H,4-5,8-9,15H2,1-3H3. The Morgan fingerprint density at radius 1 is 1.19 bits per heavy atom. The van der Waals surface area contributed by atoms with Gasteiger partial charge in [-0.15, -0.1) is 0 Å². The molecule has 16 heavy (non-hydrogen) atoms. The van der Waals surface area contributed by atoms with Gasteiger partial charge in [0.2, 0.25) is 0 Å². The van der Waals surface area contributed by atoms with Crippen molar-refractivity contribution in [1.29, 1.82) is 0 Å². The Kier molecular flexibility index (Phi) is 2.94. The molecule has 0 amide bonds. The zero-order valence-corrected chi connectivity index (χ0v) is 10.6. The van der Waals surface area contributed by atoms with Gasteiger partial charge in [-0.05, 0) is 56.7 Å². The summed E-state index contributed by atoms with van der Waals surface area (Å²) in [6.45, 7) is 8.32. The molecule has 88 valence electrons. The van der Waals surface area contributed by atoms with Gasteiger partial charge >= 0.3 is 0 Å². The summed E-state index contributed by atoms with van der Waals surface area (Å²) < 4.78 is 0. The molecule has 1 saturated carbocycles. The molecule has 0 heterocycles. The zero-order valence-electron chi connectivity index (χ0n) is 10.6. The number of benzene rings is 1. The molecule has 1 aliphatic rings. The molecule has 3 N–H and O–H groups in total. The van der Waals surface area contributed by atoms with E-state index in [4.69, 9.17) is 5.73 Å². The Hall–Kier alpha value is -1.02. The van der Waals surface area contributed by atoms with Crippen molar-refractivity contribution in [2.45, 2.75) is 33.6 Å². The molecule has 0 aliphatic heterocycles. The van der Waals surface area contributed by atoms with Crippen molar-refractivity contribution >= 4 is 5.69 Å². The highest BCUT2D eigenvalue weighted by molar-refractivity contribution is 5.58. The molecule has 2 nitrogen and oxygen atoms in total. The average Bonchev–Trinajstić information content (AvgIpc) is 2.97. The van der Waals surface area contributed by atoms with Gasteiger partial charge in [-0.25, -0.2) is 0 Å². The summed E-state index contributed by atoms with van der Waals surface area (Å²) in [5.74, 6) is 0. The average molecular weight is 218 g/mol. The molecule has 2 rings (SSSR count). The van der Waals surface area contributed by atoms with E-state index in [1.54, 1.807) is 0 Å². The first-order valence-electron chi connectivity index (χ1n) is 6.08. The van der Waals surface area contributed by atoms with Crippen LogP contribution in [-0.2, 0) is 0 Å². The summed E-state index contributed by atoms with van der Waals surface area (Å²) in [5, 5.41) is 3.58. The molecule has 0 spiro atoms. The van der Waals surface area contributed by atoms with Crippen LogP contribution in [0, 0.1) is 26.2 Å². The van der Waals surface area contributed by atoms with Gasteiger partial charge in [0.05, 0.1) is 0 Å². The molecule has 0 bridgehead atoms. The summed E-state index contributed by atoms with van der Waals surface area (Å²) >= 11 is 0. The largest absolute Gasteiger partial charge is 0.384 e. The fourth-order valence-electron chi connectivity index (χ4n) is 2.36. The summed E-state index contributed by atoms with van der Waals surface area (Å²) in [5.41, 5.74) is 11.5. The van der Waals surface area contributed by atoms with Crippen LogP contribution in [-0.4, -0.2) is 13.1 Å². The van der Waals surface area contributed by atoms with E-state index in [2.05, 4.69) is 38.2 Å². The summed E-state index contributed by atoms with van der Waals surface area (Å²) in [6, 6.07) is 4.47. The highest BCUT2D eigenvalue weighted by Gasteiger charge is 2.40. The monoisotopic (exact) mass is 218 g/mol. The van der Waals surface area contributed by atoms with Crippen molar-refractivity contribution < 1.29 is 0 Å². The minimum atomic E-state index is 0.393. The fraction of sp³-hybridized carbons (Fsp3) is 0.571. The van der Waals surface area contributed by atoms with Gasteiger partial charge in [-0.1, -0.05) is 17.7 Å². The molecule has 0 unspecified atom stereocenters. The second kappa shape index (κ2) is 4.10. The minimum Gasteiger partial charge on any atom is -0.384 e. The normalized spacial score (nSPS) is 17.2. The molecule has 0 aromatic heterocycles. The number of aryl methyl sites for hydroxylation is 3. The lowest BCUT2D eigenvalue weighted by atomic mass is 10.0. The summed E-state index contributed by atoms with van der Waals surface area (Å²) in [6.07, 6.45) is 2.56. The van der Waals surface area contributed by atoms with Crippen molar-refractivity contribution in [3.8, 4) is 0 Å². The van der Waals surface area contributed by atoms with Crippen molar-refractivity contribution in [2.24, 2.45) is 11.1 Å². The van der Waals surface area contributed by atoms with Crippen molar-refractivity contribution in [1.82, 2.24) is 0 Å². The van der Waals surface area contributed by atoms with Crippen molar-refractivity contribution in [3.05, 3.63) is 28.8 Å². The molecular formula is C14H22N2. The number of rotatable bonds is 4. The Morgan fingerprint density at radius 3 is 2.19 bits per heavy atom. The van der Waals surface area contributed by atoms with E-state index < -0.39 is 0 Å². The Labute approximate surface area is 98.2 Å². The Balaban J connectivity index is 2.09. The van der Waals surface area contributed by atoms with Crippen LogP contribution in [0.5, 0.6) is 0 Å². The highest BCUT2D eigenvalue weighted by Crippen LogP contribution is 2.44. The van der Waals surface area contributed by atoms with Gasteiger partial charge in [0, 0.05) is 12.2 Å². The van der Waals surface area contributed by atoms with Gasteiger partial charge in [0.25, 0.3) is 0 Å². The van der Waals surface area contributed by atoms with Crippen LogP contribution < -0.4 is 11.1 Å². The predicted octanol–water partition coefficient (Wildman–Crippen LogP) is 2.76. The number of hydrogen-bond acceptors (Lipinski definition) is 2. The quantitative estimate of drug-likeness (QED) is 0.815. The SMILES string of the molecule is Cc1cc(C)c(NCC2(CN)CC2)c(C)c1. The van der Waals surface area contributed by atoms with Crippen molar-refractivity contribution in [2.75, 3.05) is 18.4 Å². The number of anilines is 1. The minimum absolute atomic E-state index is 0.393. The topological polar surface area (TPSA) is 38.0 Å². The second-order valence-electron chi connectivity index (χ2n) is 5.33. The van der Waals surface area contributed by atoms with Crippen LogP contribution in [0.15, 0.2) is 12.1 Å². The highest BCUT2D eigenvalue weighted by atomic mass is 14.9. The first-order chi connectivity index (χ1) is 7.56. The fourth-order valence-corrected chi connectivity index (χ4v) is 2.36. The Morgan fingerprint density at radius 2 is 1.75 bits per heavy atom. The van der Waals surface area contributed by atoms with Crippen LogP contribution >= 0.6 is 0 Å². The smallest absolute Gasteiger partial charge is 0.0399 e. The molecule has 2 heteroatoms. The third-order valence-electron chi connectivity index (χ3n) is 3.71. The third kappa shape index (κ3) is 2.22. The van der Waals surface area contributed by atoms with Crippen LogP contribution in [0.2, 0.25) is 0 Å². The maximum absolute atomic E-state index is 5.79. The van der Waals surface area contributed by atoms with Crippen LogP contribution in [0.3, 0.4) is 0 Å². The first kappa shape index (κ1) is 11.5. The number of nitrogens with one attached hydrogen (secondary N) is 1. The van der Waals surface area contributed by atoms with Gasteiger partial charge in [-0.3, -0.25) is 0 Å². The predicted molar refractivity (Wildman–Crippen MR) is 69.9 cm³/mol. The maximum atomic E-state index is 5.79. The van der Waals surface area contributed by atoms with Crippen LogP contribution in [0.4, 0.5) is 5.69 Å². The zero-order chi connectivity index (χ0) is 11.8. The van der Waals surface area contributed by atoms with Gasteiger partial charge in [0.1, 0.15) is 0 Å². The van der Waals surface area contributed by atoms with E-state index in [0.29, 0.717) is 5.41 Å². The lowest BCUT2D eigenvalue weighted by molar-refractivity contribution is 0.555. The van der Waals surface area contributed by atoms with E-state index in [0.717, 1.165) is 13.1 Å². The number of hydrogen-bond donors (Lipinski definition) is 2. The van der Waals surface area contributed by atoms with E-state index >= 15 is 0 Å². The molecule has 1 aromatic carbocycles. The third-order valence-corrected chi connectivity index (χ3v) is 3.71. The lowest BCUT2D eigenvalue weighted by Gasteiger charge is -2.18. The van der Waals surface area contributed by atoms with Crippen molar-refractivity contribution in [3.63, 3.8) is 0 Å². The molecule has 1 aliphatic carbocycles. The number of nitrogens with two attached hydrogens (primary N) is 1. The Bertz CT molecular complexity index is 369. The van der Waals surface area contributed by atoms with Crippen LogP contribution in [0.1, 0.15) is 29.5 Å². The molecular weight excluding hydrogens is 196 g/mol. The van der Waals surface area contributed by atoms with E-state index in [1.165, 1.54) is 35.2 Å². The molecule has 0 radical (unpaired) electrons. The summed E-state index contributed by atoms with van der Waals surface area (Å²) in [7, 11) is 0. The van der Waals surface area contributed by atoms with Gasteiger partial charge < -0.3 is 11.1 Å². The molecule has 0 atom stereocenters. The van der Waals surface area contributed by atoms with Crippen LogP contribution in [0.25, 0.3) is 0 Å². The summed E-state index contributed by atoms with van der Waals surface area (Å²) in [4.78, 5) is 0. The van der Waals surface area contributed by atoms with E-state index in [-0.39, 0.29) is 0 Å². The van der Waals surface area contributed by atoms with E-state index in [9.17, 15) is 0 Å². The molecule has 0 saturated heterocycles. The van der Waals surface area contributed by atoms with Gasteiger partial charge in [0.15, 0.2) is 0 Å². The maximum Gasteiger partial charge on any atom is 0.0399 e.